The molecule has 0 fully saturated rings. The van der Waals surface area contributed by atoms with Gasteiger partial charge in [0.1, 0.15) is 0 Å². The number of rotatable bonds is 4. The highest BCUT2D eigenvalue weighted by molar-refractivity contribution is 5.83. The van der Waals surface area contributed by atoms with Crippen LogP contribution < -0.4 is 5.73 Å². The molecule has 0 radical (unpaired) electrons. The first-order chi connectivity index (χ1) is 7.81. The van der Waals surface area contributed by atoms with Crippen molar-refractivity contribution in [2.75, 3.05) is 0 Å². The van der Waals surface area contributed by atoms with Gasteiger partial charge < -0.3 is 5.73 Å². The average molecular weight is 211 g/mol. The molecule has 1 heteroatoms. The van der Waals surface area contributed by atoms with Crippen molar-refractivity contribution in [2.24, 2.45) is 5.73 Å². The molecule has 2 N–H and O–H groups in total. The van der Waals surface area contributed by atoms with Crippen LogP contribution in [0.5, 0.6) is 0 Å². The SMILES string of the molecule is C=CCCC(N)c1ccc2ccccc2c1. The lowest BCUT2D eigenvalue weighted by molar-refractivity contribution is 0.662. The van der Waals surface area contributed by atoms with Gasteiger partial charge in [-0.05, 0) is 35.2 Å². The van der Waals surface area contributed by atoms with E-state index in [1.165, 1.54) is 16.3 Å². The fourth-order valence-corrected chi connectivity index (χ4v) is 1.90. The number of hydrogen-bond donors (Lipinski definition) is 1. The van der Waals surface area contributed by atoms with E-state index >= 15 is 0 Å². The van der Waals surface area contributed by atoms with Gasteiger partial charge in [-0.3, -0.25) is 0 Å². The van der Waals surface area contributed by atoms with Gasteiger partial charge in [0.15, 0.2) is 0 Å². The van der Waals surface area contributed by atoms with Crippen LogP contribution in [0.2, 0.25) is 0 Å². The molecule has 82 valence electrons. The minimum absolute atomic E-state index is 0.114. The first-order valence-electron chi connectivity index (χ1n) is 5.66. The fourth-order valence-electron chi connectivity index (χ4n) is 1.90. The molecule has 0 aliphatic heterocycles. The molecule has 0 aliphatic carbocycles. The van der Waals surface area contributed by atoms with E-state index < -0.39 is 0 Å². The Labute approximate surface area is 96.6 Å². The standard InChI is InChI=1S/C15H17N/c1-2-3-8-15(16)14-10-9-12-6-4-5-7-13(12)11-14/h2,4-7,9-11,15H,1,3,8,16H2. The van der Waals surface area contributed by atoms with Gasteiger partial charge in [0.2, 0.25) is 0 Å². The fraction of sp³-hybridized carbons (Fsp3) is 0.200. The van der Waals surface area contributed by atoms with E-state index in [-0.39, 0.29) is 6.04 Å². The highest BCUT2D eigenvalue weighted by atomic mass is 14.6. The third-order valence-corrected chi connectivity index (χ3v) is 2.88. The van der Waals surface area contributed by atoms with E-state index in [1.807, 2.05) is 6.08 Å². The molecule has 2 aromatic rings. The molecule has 2 rings (SSSR count). The number of fused-ring (bicyclic) bond motifs is 1. The summed E-state index contributed by atoms with van der Waals surface area (Å²) in [7, 11) is 0. The number of allylic oxidation sites excluding steroid dienone is 1. The van der Waals surface area contributed by atoms with Gasteiger partial charge in [0.25, 0.3) is 0 Å². The normalized spacial score (nSPS) is 12.6. The maximum atomic E-state index is 6.12. The molecular weight excluding hydrogens is 194 g/mol. The van der Waals surface area contributed by atoms with Gasteiger partial charge >= 0.3 is 0 Å². The van der Waals surface area contributed by atoms with Gasteiger partial charge in [-0.2, -0.15) is 0 Å². The van der Waals surface area contributed by atoms with Crippen LogP contribution in [0.4, 0.5) is 0 Å². The third-order valence-electron chi connectivity index (χ3n) is 2.88. The maximum absolute atomic E-state index is 6.12. The molecule has 0 bridgehead atoms. The molecule has 0 heterocycles. The van der Waals surface area contributed by atoms with E-state index in [2.05, 4.69) is 49.0 Å². The van der Waals surface area contributed by atoms with Crippen molar-refractivity contribution in [3.8, 4) is 0 Å². The van der Waals surface area contributed by atoms with Crippen LogP contribution in [0.1, 0.15) is 24.4 Å². The lowest BCUT2D eigenvalue weighted by Gasteiger charge is -2.11. The summed E-state index contributed by atoms with van der Waals surface area (Å²) in [6, 6.07) is 14.9. The molecule has 0 aromatic heterocycles. The topological polar surface area (TPSA) is 26.0 Å². The minimum atomic E-state index is 0.114. The molecule has 0 amide bonds. The highest BCUT2D eigenvalue weighted by Gasteiger charge is 2.05. The molecule has 0 saturated heterocycles. The highest BCUT2D eigenvalue weighted by Crippen LogP contribution is 2.21. The Hall–Kier alpha value is -1.60. The molecule has 16 heavy (non-hydrogen) atoms. The van der Waals surface area contributed by atoms with E-state index in [9.17, 15) is 0 Å². The summed E-state index contributed by atoms with van der Waals surface area (Å²) < 4.78 is 0. The predicted molar refractivity (Wildman–Crippen MR) is 70.3 cm³/mol. The summed E-state index contributed by atoms with van der Waals surface area (Å²) in [5.41, 5.74) is 7.33. The van der Waals surface area contributed by atoms with Crippen LogP contribution in [0.25, 0.3) is 10.8 Å². The molecule has 0 saturated carbocycles. The van der Waals surface area contributed by atoms with Crippen LogP contribution in [0.3, 0.4) is 0 Å². The Morgan fingerprint density at radius 1 is 1.12 bits per heavy atom. The van der Waals surface area contributed by atoms with E-state index in [1.54, 1.807) is 0 Å². The van der Waals surface area contributed by atoms with Crippen LogP contribution in [0, 0.1) is 0 Å². The molecule has 0 spiro atoms. The molecule has 2 aromatic carbocycles. The van der Waals surface area contributed by atoms with Crippen molar-refractivity contribution in [1.82, 2.24) is 0 Å². The molecule has 1 unspecified atom stereocenters. The summed E-state index contributed by atoms with van der Waals surface area (Å²) in [4.78, 5) is 0. The Balaban J connectivity index is 2.28. The minimum Gasteiger partial charge on any atom is -0.324 e. The second-order valence-corrected chi connectivity index (χ2v) is 4.08. The smallest absolute Gasteiger partial charge is 0.0298 e. The Kier molecular flexibility index (Phi) is 3.37. The van der Waals surface area contributed by atoms with Crippen LogP contribution in [-0.4, -0.2) is 0 Å². The van der Waals surface area contributed by atoms with E-state index in [4.69, 9.17) is 5.73 Å². The van der Waals surface area contributed by atoms with Gasteiger partial charge in [-0.1, -0.05) is 42.5 Å². The quantitative estimate of drug-likeness (QED) is 0.765. The Bertz CT molecular complexity index is 488. The Morgan fingerprint density at radius 3 is 2.62 bits per heavy atom. The first-order valence-corrected chi connectivity index (χ1v) is 5.66. The van der Waals surface area contributed by atoms with Crippen molar-refractivity contribution in [1.29, 1.82) is 0 Å². The maximum Gasteiger partial charge on any atom is 0.0298 e. The van der Waals surface area contributed by atoms with Crippen molar-refractivity contribution >= 4 is 10.8 Å². The number of nitrogens with two attached hydrogens (primary N) is 1. The molecular formula is C15H17N. The van der Waals surface area contributed by atoms with Crippen LogP contribution >= 0.6 is 0 Å². The van der Waals surface area contributed by atoms with E-state index in [0.717, 1.165) is 12.8 Å². The lowest BCUT2D eigenvalue weighted by Crippen LogP contribution is -2.09. The number of hydrogen-bond acceptors (Lipinski definition) is 1. The summed E-state index contributed by atoms with van der Waals surface area (Å²) >= 11 is 0. The summed E-state index contributed by atoms with van der Waals surface area (Å²) in [5, 5.41) is 2.52. The van der Waals surface area contributed by atoms with Gasteiger partial charge in [0, 0.05) is 6.04 Å². The van der Waals surface area contributed by atoms with Crippen LogP contribution in [-0.2, 0) is 0 Å². The first kappa shape index (κ1) is 10.9. The number of benzene rings is 2. The second-order valence-electron chi connectivity index (χ2n) is 4.08. The van der Waals surface area contributed by atoms with Crippen LogP contribution in [0.15, 0.2) is 55.1 Å². The van der Waals surface area contributed by atoms with Crippen molar-refractivity contribution < 1.29 is 0 Å². The summed E-state index contributed by atoms with van der Waals surface area (Å²) in [6.07, 6.45) is 3.84. The Morgan fingerprint density at radius 2 is 1.88 bits per heavy atom. The zero-order valence-corrected chi connectivity index (χ0v) is 9.39. The second kappa shape index (κ2) is 4.95. The third kappa shape index (κ3) is 2.31. The van der Waals surface area contributed by atoms with Crippen molar-refractivity contribution in [2.45, 2.75) is 18.9 Å². The molecule has 1 nitrogen and oxygen atoms in total. The van der Waals surface area contributed by atoms with Gasteiger partial charge in [-0.15, -0.1) is 6.58 Å². The van der Waals surface area contributed by atoms with Gasteiger partial charge in [0.05, 0.1) is 0 Å². The largest absolute Gasteiger partial charge is 0.324 e. The molecule has 1 atom stereocenters. The summed E-state index contributed by atoms with van der Waals surface area (Å²) in [5.74, 6) is 0. The van der Waals surface area contributed by atoms with Crippen molar-refractivity contribution in [3.63, 3.8) is 0 Å². The van der Waals surface area contributed by atoms with Gasteiger partial charge in [-0.25, -0.2) is 0 Å². The summed E-state index contributed by atoms with van der Waals surface area (Å²) in [6.45, 7) is 3.72. The monoisotopic (exact) mass is 211 g/mol. The van der Waals surface area contributed by atoms with Crippen molar-refractivity contribution in [3.05, 3.63) is 60.7 Å². The van der Waals surface area contributed by atoms with E-state index in [0.29, 0.717) is 0 Å². The molecule has 0 aliphatic rings. The predicted octanol–water partition coefficient (Wildman–Crippen LogP) is 3.81. The zero-order chi connectivity index (χ0) is 11.4. The zero-order valence-electron chi connectivity index (χ0n) is 9.39. The average Bonchev–Trinajstić information content (AvgIpc) is 2.35. The lowest BCUT2D eigenvalue weighted by atomic mass is 9.99.